The quantitative estimate of drug-likeness (QED) is 0.893. The first kappa shape index (κ1) is 18.1. The van der Waals surface area contributed by atoms with Gasteiger partial charge in [0.05, 0.1) is 24.4 Å². The van der Waals surface area contributed by atoms with Crippen LogP contribution in [-0.2, 0) is 17.6 Å². The highest BCUT2D eigenvalue weighted by molar-refractivity contribution is 5.69. The van der Waals surface area contributed by atoms with Gasteiger partial charge in [0.1, 0.15) is 12.4 Å². The Balaban J connectivity index is 1.52. The fraction of sp³-hybridized carbons (Fsp3) is 0.714. The van der Waals surface area contributed by atoms with E-state index in [1.54, 1.807) is 0 Å². The van der Waals surface area contributed by atoms with Crippen LogP contribution < -0.4 is 15.0 Å². The molecule has 3 aliphatic heterocycles. The Labute approximate surface area is 157 Å². The standard InChI is InChI=1S/C21H33N3O2/c1-15-13-23(14-16(2)26-15)8-9-24-10-11-25-20-12-18-4-6-22-7-5-19(18)17(3)21(20)24/h12,15-16,22H,4-11,13-14H2,1-3H3/t15-,16+. The molecule has 0 amide bonds. The average molecular weight is 360 g/mol. The molecule has 5 nitrogen and oxygen atoms in total. The second kappa shape index (κ2) is 7.75. The molecule has 0 bridgehead atoms. The smallest absolute Gasteiger partial charge is 0.143 e. The molecule has 1 N–H and O–H groups in total. The number of morpholine rings is 1. The van der Waals surface area contributed by atoms with E-state index in [1.165, 1.54) is 22.4 Å². The number of benzene rings is 1. The molecule has 2 atom stereocenters. The SMILES string of the molecule is Cc1c2c(cc3c1N(CCN1C[C@@H](C)O[C@@H](C)C1)CCO3)CCNCC2. The summed E-state index contributed by atoms with van der Waals surface area (Å²) in [6.45, 7) is 14.8. The number of anilines is 1. The third-order valence-corrected chi connectivity index (χ3v) is 5.97. The summed E-state index contributed by atoms with van der Waals surface area (Å²) in [6, 6.07) is 2.32. The van der Waals surface area contributed by atoms with Crippen LogP contribution in [0, 0.1) is 6.92 Å². The van der Waals surface area contributed by atoms with E-state index in [0.29, 0.717) is 12.2 Å². The van der Waals surface area contributed by atoms with Crippen molar-refractivity contribution in [2.45, 2.75) is 45.8 Å². The normalized spacial score (nSPS) is 26.7. The highest BCUT2D eigenvalue weighted by Gasteiger charge is 2.27. The van der Waals surface area contributed by atoms with E-state index in [0.717, 1.165) is 71.0 Å². The molecule has 0 unspecified atom stereocenters. The maximum absolute atomic E-state index is 6.07. The summed E-state index contributed by atoms with van der Waals surface area (Å²) in [6.07, 6.45) is 2.90. The Morgan fingerprint density at radius 1 is 1.12 bits per heavy atom. The topological polar surface area (TPSA) is 37.0 Å². The Hall–Kier alpha value is -1.30. The van der Waals surface area contributed by atoms with Crippen molar-refractivity contribution in [1.82, 2.24) is 10.2 Å². The van der Waals surface area contributed by atoms with Gasteiger partial charge in [0.15, 0.2) is 0 Å². The second-order valence-electron chi connectivity index (χ2n) is 8.09. The maximum Gasteiger partial charge on any atom is 0.143 e. The summed E-state index contributed by atoms with van der Waals surface area (Å²) in [4.78, 5) is 5.11. The highest BCUT2D eigenvalue weighted by Crippen LogP contribution is 2.39. The molecule has 144 valence electrons. The molecule has 1 aromatic rings. The molecule has 1 fully saturated rings. The first-order chi connectivity index (χ1) is 12.6. The van der Waals surface area contributed by atoms with Crippen LogP contribution in [-0.4, -0.2) is 69.5 Å². The molecular weight excluding hydrogens is 326 g/mol. The average Bonchev–Trinajstić information content (AvgIpc) is 2.85. The number of ether oxygens (including phenoxy) is 2. The van der Waals surface area contributed by atoms with Crippen LogP contribution in [0.15, 0.2) is 6.07 Å². The van der Waals surface area contributed by atoms with E-state index in [1.807, 2.05) is 0 Å². The van der Waals surface area contributed by atoms with E-state index in [9.17, 15) is 0 Å². The predicted octanol–water partition coefficient (Wildman–Crippen LogP) is 1.99. The van der Waals surface area contributed by atoms with Crippen molar-refractivity contribution in [1.29, 1.82) is 0 Å². The zero-order valence-electron chi connectivity index (χ0n) is 16.5. The van der Waals surface area contributed by atoms with Crippen molar-refractivity contribution in [3.63, 3.8) is 0 Å². The lowest BCUT2D eigenvalue weighted by Gasteiger charge is -2.38. The minimum Gasteiger partial charge on any atom is -0.490 e. The number of hydrogen-bond acceptors (Lipinski definition) is 5. The summed E-state index contributed by atoms with van der Waals surface area (Å²) < 4.78 is 11.9. The van der Waals surface area contributed by atoms with Gasteiger partial charge < -0.3 is 19.7 Å². The van der Waals surface area contributed by atoms with Crippen LogP contribution in [0.3, 0.4) is 0 Å². The molecular formula is C21H33N3O2. The molecule has 0 radical (unpaired) electrons. The third kappa shape index (κ3) is 3.71. The van der Waals surface area contributed by atoms with E-state index < -0.39 is 0 Å². The summed E-state index contributed by atoms with van der Waals surface area (Å²) in [7, 11) is 0. The van der Waals surface area contributed by atoms with Crippen LogP contribution in [0.2, 0.25) is 0 Å². The maximum atomic E-state index is 6.07. The Bertz CT molecular complexity index is 639. The van der Waals surface area contributed by atoms with Crippen LogP contribution in [0.1, 0.15) is 30.5 Å². The lowest BCUT2D eigenvalue weighted by atomic mass is 9.94. The monoisotopic (exact) mass is 359 g/mol. The molecule has 4 rings (SSSR count). The minimum absolute atomic E-state index is 0.334. The molecule has 5 heteroatoms. The number of rotatable bonds is 3. The summed E-state index contributed by atoms with van der Waals surface area (Å²) in [5, 5.41) is 3.53. The number of nitrogens with one attached hydrogen (secondary N) is 1. The first-order valence-corrected chi connectivity index (χ1v) is 10.2. The summed E-state index contributed by atoms with van der Waals surface area (Å²) >= 11 is 0. The van der Waals surface area contributed by atoms with Crippen LogP contribution in [0.25, 0.3) is 0 Å². The van der Waals surface area contributed by atoms with Gasteiger partial charge in [-0.1, -0.05) is 0 Å². The zero-order chi connectivity index (χ0) is 18.1. The predicted molar refractivity (Wildman–Crippen MR) is 106 cm³/mol. The van der Waals surface area contributed by atoms with Gasteiger partial charge in [0.25, 0.3) is 0 Å². The molecule has 0 aliphatic carbocycles. The third-order valence-electron chi connectivity index (χ3n) is 5.97. The first-order valence-electron chi connectivity index (χ1n) is 10.2. The van der Waals surface area contributed by atoms with Crippen molar-refractivity contribution >= 4 is 5.69 Å². The van der Waals surface area contributed by atoms with Crippen molar-refractivity contribution in [3.8, 4) is 5.75 Å². The molecule has 0 spiro atoms. The van der Waals surface area contributed by atoms with Gasteiger partial charge in [-0.25, -0.2) is 0 Å². The van der Waals surface area contributed by atoms with Gasteiger partial charge in [-0.05, 0) is 69.5 Å². The molecule has 1 aromatic carbocycles. The summed E-state index contributed by atoms with van der Waals surface area (Å²) in [5.41, 5.74) is 5.79. The van der Waals surface area contributed by atoms with Crippen molar-refractivity contribution in [2.75, 3.05) is 57.3 Å². The molecule has 26 heavy (non-hydrogen) atoms. The fourth-order valence-corrected chi connectivity index (χ4v) is 4.85. The van der Waals surface area contributed by atoms with Gasteiger partial charge in [-0.15, -0.1) is 0 Å². The Morgan fingerprint density at radius 3 is 2.69 bits per heavy atom. The van der Waals surface area contributed by atoms with Gasteiger partial charge >= 0.3 is 0 Å². The van der Waals surface area contributed by atoms with Crippen molar-refractivity contribution < 1.29 is 9.47 Å². The van der Waals surface area contributed by atoms with Crippen molar-refractivity contribution in [3.05, 3.63) is 22.8 Å². The highest BCUT2D eigenvalue weighted by atomic mass is 16.5. The van der Waals surface area contributed by atoms with Crippen molar-refractivity contribution in [2.24, 2.45) is 0 Å². The van der Waals surface area contributed by atoms with E-state index in [-0.39, 0.29) is 0 Å². The van der Waals surface area contributed by atoms with Gasteiger partial charge in [-0.3, -0.25) is 4.90 Å². The van der Waals surface area contributed by atoms with Gasteiger partial charge in [0.2, 0.25) is 0 Å². The Kier molecular flexibility index (Phi) is 5.39. The van der Waals surface area contributed by atoms with Crippen LogP contribution in [0.5, 0.6) is 5.75 Å². The second-order valence-corrected chi connectivity index (χ2v) is 8.09. The summed E-state index contributed by atoms with van der Waals surface area (Å²) in [5.74, 6) is 1.10. The largest absolute Gasteiger partial charge is 0.490 e. The number of fused-ring (bicyclic) bond motifs is 2. The lowest BCUT2D eigenvalue weighted by molar-refractivity contribution is -0.0671. The van der Waals surface area contributed by atoms with E-state index >= 15 is 0 Å². The molecule has 1 saturated heterocycles. The van der Waals surface area contributed by atoms with Crippen LogP contribution >= 0.6 is 0 Å². The molecule has 0 aromatic heterocycles. The zero-order valence-corrected chi connectivity index (χ0v) is 16.5. The lowest BCUT2D eigenvalue weighted by Crippen LogP contribution is -2.48. The van der Waals surface area contributed by atoms with E-state index in [2.05, 4.69) is 42.0 Å². The molecule has 3 heterocycles. The van der Waals surface area contributed by atoms with Crippen LogP contribution in [0.4, 0.5) is 5.69 Å². The number of nitrogens with zero attached hydrogens (tertiary/aromatic N) is 2. The number of hydrogen-bond donors (Lipinski definition) is 1. The molecule has 3 aliphatic rings. The van der Waals surface area contributed by atoms with Gasteiger partial charge in [0, 0.05) is 26.2 Å². The molecule has 0 saturated carbocycles. The Morgan fingerprint density at radius 2 is 1.88 bits per heavy atom. The van der Waals surface area contributed by atoms with E-state index in [4.69, 9.17) is 9.47 Å². The minimum atomic E-state index is 0.334. The van der Waals surface area contributed by atoms with Gasteiger partial charge in [-0.2, -0.15) is 0 Å². The fourth-order valence-electron chi connectivity index (χ4n) is 4.85.